The van der Waals surface area contributed by atoms with Crippen LogP contribution in [-0.4, -0.2) is 14.2 Å². The first-order valence-electron chi connectivity index (χ1n) is 8.69. The van der Waals surface area contributed by atoms with Gasteiger partial charge in [-0.2, -0.15) is 0 Å². The van der Waals surface area contributed by atoms with Crippen molar-refractivity contribution >= 4 is 7.54 Å². The standard InChI is InChI=1S/C19H26NO.BF3.FH/c1-3-5-9-17(4-2)16-21-20-14-12-19(13-15-20)18-10-7-6-8-11-18;2-1(3)4;/h6-8,10-15,17H,3-5,9,16H2,1-2H3;;1H/q+1;;/p-1. The minimum atomic E-state index is -3.67. The van der Waals surface area contributed by atoms with Crippen LogP contribution >= 0.6 is 0 Å². The van der Waals surface area contributed by atoms with E-state index >= 15 is 0 Å². The molecule has 1 heterocycles. The first kappa shape index (κ1) is 24.0. The molecule has 2 aromatic rings. The Morgan fingerprint density at radius 2 is 1.50 bits per heavy atom. The largest absolute Gasteiger partial charge is 1.00 e. The van der Waals surface area contributed by atoms with Gasteiger partial charge in [0, 0.05) is 16.9 Å². The summed E-state index contributed by atoms with van der Waals surface area (Å²) in [5.41, 5.74) is 2.45. The van der Waals surface area contributed by atoms with E-state index in [4.69, 9.17) is 4.84 Å². The monoisotopic (exact) mass is 371 g/mol. The summed E-state index contributed by atoms with van der Waals surface area (Å²) in [7, 11) is -3.67. The van der Waals surface area contributed by atoms with Crippen LogP contribution in [0.5, 0.6) is 0 Å². The summed E-state index contributed by atoms with van der Waals surface area (Å²) in [4.78, 5) is 5.86. The van der Waals surface area contributed by atoms with Crippen molar-refractivity contribution in [2.24, 2.45) is 5.92 Å². The molecule has 0 spiro atoms. The van der Waals surface area contributed by atoms with Gasteiger partial charge in [0.1, 0.15) is 0 Å². The molecule has 1 unspecified atom stereocenters. The average Bonchev–Trinajstić information content (AvgIpc) is 2.63. The second-order valence-electron chi connectivity index (χ2n) is 5.77. The van der Waals surface area contributed by atoms with Gasteiger partial charge in [0.15, 0.2) is 6.61 Å². The molecule has 0 saturated heterocycles. The molecule has 1 aromatic carbocycles. The minimum Gasteiger partial charge on any atom is -1.00 e. The van der Waals surface area contributed by atoms with E-state index in [1.54, 1.807) is 0 Å². The van der Waals surface area contributed by atoms with E-state index in [2.05, 4.69) is 50.2 Å². The van der Waals surface area contributed by atoms with E-state index in [1.807, 2.05) is 23.2 Å². The van der Waals surface area contributed by atoms with E-state index in [0.29, 0.717) is 5.92 Å². The Hall–Kier alpha value is -2.05. The lowest BCUT2D eigenvalue weighted by Gasteiger charge is -2.11. The van der Waals surface area contributed by atoms with Crippen molar-refractivity contribution in [3.05, 3.63) is 54.9 Å². The van der Waals surface area contributed by atoms with Gasteiger partial charge in [-0.25, -0.2) is 0 Å². The predicted octanol–water partition coefficient (Wildman–Crippen LogP) is 2.17. The summed E-state index contributed by atoms with van der Waals surface area (Å²) < 4.78 is 30.8. The van der Waals surface area contributed by atoms with Crippen LogP contribution in [0.4, 0.5) is 12.9 Å². The molecule has 2 rings (SSSR count). The molecule has 0 fully saturated rings. The second kappa shape index (κ2) is 14.2. The molecule has 0 aliphatic carbocycles. The molecule has 0 amide bonds. The maximum absolute atomic E-state index is 9.67. The van der Waals surface area contributed by atoms with Crippen LogP contribution < -0.4 is 14.3 Å². The van der Waals surface area contributed by atoms with E-state index in [9.17, 15) is 12.9 Å². The van der Waals surface area contributed by atoms with Crippen molar-refractivity contribution in [2.75, 3.05) is 6.61 Å². The zero-order valence-electron chi connectivity index (χ0n) is 15.3. The number of rotatable bonds is 8. The highest BCUT2D eigenvalue weighted by atomic mass is 19.4. The van der Waals surface area contributed by atoms with Crippen LogP contribution in [0.3, 0.4) is 0 Å². The molecular formula is C19H26BF4NO. The molecule has 26 heavy (non-hydrogen) atoms. The smallest absolute Gasteiger partial charge is 0.762 e. The van der Waals surface area contributed by atoms with Crippen molar-refractivity contribution in [3.8, 4) is 11.1 Å². The summed E-state index contributed by atoms with van der Waals surface area (Å²) in [5.74, 6) is 0.659. The first-order valence-corrected chi connectivity index (χ1v) is 8.69. The predicted molar refractivity (Wildman–Crippen MR) is 95.9 cm³/mol. The van der Waals surface area contributed by atoms with Crippen LogP contribution in [0.2, 0.25) is 0 Å². The van der Waals surface area contributed by atoms with Gasteiger partial charge in [-0.05, 0) is 29.9 Å². The van der Waals surface area contributed by atoms with Gasteiger partial charge in [-0.3, -0.25) is 17.8 Å². The lowest BCUT2D eigenvalue weighted by molar-refractivity contribution is -0.892. The third kappa shape index (κ3) is 10.1. The molecule has 2 nitrogen and oxygen atoms in total. The van der Waals surface area contributed by atoms with Gasteiger partial charge < -0.3 is 4.70 Å². The number of benzene rings is 1. The maximum Gasteiger partial charge on any atom is 0.762 e. The lowest BCUT2D eigenvalue weighted by atomic mass is 10.0. The number of hydrogen-bond acceptors (Lipinski definition) is 1. The molecule has 1 aromatic heterocycles. The van der Waals surface area contributed by atoms with Gasteiger partial charge in [0.25, 0.3) is 0 Å². The molecular weight excluding hydrogens is 345 g/mol. The van der Waals surface area contributed by atoms with Crippen molar-refractivity contribution in [3.63, 3.8) is 0 Å². The molecule has 0 N–H and O–H groups in total. The summed E-state index contributed by atoms with van der Waals surface area (Å²) >= 11 is 0. The number of nitrogens with zero attached hydrogens (tertiary/aromatic N) is 1. The molecule has 0 aliphatic heterocycles. The van der Waals surface area contributed by atoms with Gasteiger partial charge in [0.05, 0.1) is 0 Å². The van der Waals surface area contributed by atoms with Crippen LogP contribution in [0, 0.1) is 5.92 Å². The van der Waals surface area contributed by atoms with E-state index in [0.717, 1.165) is 6.61 Å². The molecule has 7 heteroatoms. The third-order valence-corrected chi connectivity index (χ3v) is 3.91. The van der Waals surface area contributed by atoms with Crippen molar-refractivity contribution < 1.29 is 27.2 Å². The highest BCUT2D eigenvalue weighted by Gasteiger charge is 2.10. The maximum atomic E-state index is 9.67. The van der Waals surface area contributed by atoms with E-state index < -0.39 is 7.54 Å². The second-order valence-corrected chi connectivity index (χ2v) is 5.77. The molecule has 144 valence electrons. The van der Waals surface area contributed by atoms with E-state index in [-0.39, 0.29) is 4.70 Å². The van der Waals surface area contributed by atoms with Crippen molar-refractivity contribution in [2.45, 2.75) is 39.5 Å². The van der Waals surface area contributed by atoms with Gasteiger partial charge in [0.2, 0.25) is 12.4 Å². The number of hydrogen-bond donors (Lipinski definition) is 0. The molecule has 0 radical (unpaired) electrons. The van der Waals surface area contributed by atoms with E-state index in [1.165, 1.54) is 36.8 Å². The minimum absolute atomic E-state index is 0. The van der Waals surface area contributed by atoms with Crippen molar-refractivity contribution in [1.82, 2.24) is 0 Å². The quantitative estimate of drug-likeness (QED) is 0.394. The topological polar surface area (TPSA) is 13.1 Å². The Bertz CT molecular complexity index is 567. The third-order valence-electron chi connectivity index (χ3n) is 3.91. The van der Waals surface area contributed by atoms with Crippen molar-refractivity contribution in [1.29, 1.82) is 0 Å². The Balaban J connectivity index is 0.00000113. The highest BCUT2D eigenvalue weighted by molar-refractivity contribution is 6.33. The average molecular weight is 371 g/mol. The molecule has 0 bridgehead atoms. The first-order chi connectivity index (χ1) is 12.1. The van der Waals surface area contributed by atoms with Crippen LogP contribution in [0.25, 0.3) is 11.1 Å². The van der Waals surface area contributed by atoms with Gasteiger partial charge in [-0.15, -0.1) is 0 Å². The Morgan fingerprint density at radius 1 is 0.962 bits per heavy atom. The van der Waals surface area contributed by atoms with Crippen LogP contribution in [-0.2, 0) is 0 Å². The summed E-state index contributed by atoms with van der Waals surface area (Å²) in [6.45, 7) is 5.28. The SMILES string of the molecule is CCCCC(CC)CO[n+]1ccc(-c2ccccc2)cc1.FB(F)F.[F-]. The van der Waals surface area contributed by atoms with Gasteiger partial charge in [-0.1, -0.05) is 57.0 Å². The zero-order valence-corrected chi connectivity index (χ0v) is 15.3. The number of pyridine rings is 1. The van der Waals surface area contributed by atoms with Gasteiger partial charge >= 0.3 is 7.54 Å². The van der Waals surface area contributed by atoms with Crippen LogP contribution in [0.1, 0.15) is 39.5 Å². The number of halogens is 4. The number of unbranched alkanes of at least 4 members (excludes halogenated alkanes) is 1. The summed E-state index contributed by atoms with van der Waals surface area (Å²) in [5, 5.41) is 0. The number of aromatic nitrogens is 1. The fraction of sp³-hybridized carbons (Fsp3) is 0.421. The Kier molecular flexibility index (Phi) is 13.0. The molecule has 0 aliphatic rings. The lowest BCUT2D eigenvalue weighted by Crippen LogP contribution is -3.00. The fourth-order valence-electron chi connectivity index (χ4n) is 2.41. The zero-order chi connectivity index (χ0) is 18.5. The molecule has 0 saturated carbocycles. The molecule has 1 atom stereocenters. The fourth-order valence-corrected chi connectivity index (χ4v) is 2.41. The normalized spacial score (nSPS) is 10.8. The summed E-state index contributed by atoms with van der Waals surface area (Å²) in [6, 6.07) is 14.6. The summed E-state index contributed by atoms with van der Waals surface area (Å²) in [6.07, 6.45) is 8.98. The highest BCUT2D eigenvalue weighted by Crippen LogP contribution is 2.16. The Morgan fingerprint density at radius 3 is 2.00 bits per heavy atom. The van der Waals surface area contributed by atoms with Crippen LogP contribution in [0.15, 0.2) is 54.9 Å². The Labute approximate surface area is 153 Å².